The summed E-state index contributed by atoms with van der Waals surface area (Å²) >= 11 is 1.49. The van der Waals surface area contributed by atoms with Crippen molar-refractivity contribution in [2.75, 3.05) is 26.0 Å². The lowest BCUT2D eigenvalue weighted by molar-refractivity contribution is -0.385. The van der Waals surface area contributed by atoms with Crippen LogP contribution in [-0.2, 0) is 15.3 Å². The molecule has 1 saturated carbocycles. The number of rotatable bonds is 6. The largest absolute Gasteiger partial charge is 0.490 e. The van der Waals surface area contributed by atoms with Crippen LogP contribution in [0.25, 0.3) is 0 Å². The number of fused-ring (bicyclic) bond motifs is 1. The number of benzene rings is 1. The van der Waals surface area contributed by atoms with Gasteiger partial charge in [-0.05, 0) is 24.5 Å². The number of thioether (sulfide) groups is 1. The minimum Gasteiger partial charge on any atom is -0.490 e. The van der Waals surface area contributed by atoms with Gasteiger partial charge in [0.25, 0.3) is 0 Å². The first kappa shape index (κ1) is 19.0. The number of hydrogen-bond acceptors (Lipinski definition) is 6. The first-order valence-corrected chi connectivity index (χ1v) is 10.1. The number of carbonyl (C=O) groups excluding carboxylic acids is 1. The lowest BCUT2D eigenvalue weighted by atomic mass is 9.90. The predicted octanol–water partition coefficient (Wildman–Crippen LogP) is 3.01. The van der Waals surface area contributed by atoms with Crippen molar-refractivity contribution in [1.29, 1.82) is 0 Å². The van der Waals surface area contributed by atoms with E-state index in [1.807, 2.05) is 4.90 Å². The number of methoxy groups -OCH3 is 1. The molecule has 26 heavy (non-hydrogen) atoms. The number of morpholine rings is 1. The molecule has 8 heteroatoms. The molecular weight excluding hydrogens is 356 g/mol. The van der Waals surface area contributed by atoms with Crippen LogP contribution in [0.3, 0.4) is 0 Å². The van der Waals surface area contributed by atoms with Gasteiger partial charge in [0, 0.05) is 18.4 Å². The van der Waals surface area contributed by atoms with Gasteiger partial charge in [-0.1, -0.05) is 18.9 Å². The fraction of sp³-hybridized carbons (Fsp3) is 0.611. The highest BCUT2D eigenvalue weighted by Gasteiger charge is 2.36. The maximum atomic E-state index is 12.6. The molecule has 0 spiro atoms. The summed E-state index contributed by atoms with van der Waals surface area (Å²) < 4.78 is 10.8. The highest BCUT2D eigenvalue weighted by molar-refractivity contribution is 7.99. The fourth-order valence-electron chi connectivity index (χ4n) is 3.71. The van der Waals surface area contributed by atoms with E-state index in [1.165, 1.54) is 31.4 Å². The van der Waals surface area contributed by atoms with E-state index in [0.29, 0.717) is 24.7 Å². The van der Waals surface area contributed by atoms with E-state index in [-0.39, 0.29) is 29.5 Å². The average Bonchev–Trinajstić information content (AvgIpc) is 2.67. The van der Waals surface area contributed by atoms with Gasteiger partial charge in [0.2, 0.25) is 5.91 Å². The van der Waals surface area contributed by atoms with E-state index in [9.17, 15) is 14.9 Å². The second-order valence-electron chi connectivity index (χ2n) is 6.60. The molecule has 0 N–H and O–H groups in total. The van der Waals surface area contributed by atoms with Crippen LogP contribution in [0.4, 0.5) is 5.69 Å². The number of nitro benzene ring substituents is 1. The Hall–Kier alpha value is -1.80. The molecule has 2 atom stereocenters. The Labute approximate surface area is 157 Å². The van der Waals surface area contributed by atoms with Gasteiger partial charge in [-0.2, -0.15) is 0 Å². The molecule has 0 bridgehead atoms. The number of ether oxygens (including phenoxy) is 2. The Morgan fingerprint density at radius 3 is 3.00 bits per heavy atom. The molecule has 1 heterocycles. The Kier molecular flexibility index (Phi) is 6.37. The van der Waals surface area contributed by atoms with Crippen LogP contribution in [-0.4, -0.2) is 53.9 Å². The van der Waals surface area contributed by atoms with Crippen molar-refractivity contribution in [3.8, 4) is 5.75 Å². The zero-order chi connectivity index (χ0) is 18.5. The topological polar surface area (TPSA) is 81.9 Å². The molecule has 1 saturated heterocycles. The lowest BCUT2D eigenvalue weighted by Crippen LogP contribution is -2.55. The fourth-order valence-corrected chi connectivity index (χ4v) is 4.57. The van der Waals surface area contributed by atoms with Gasteiger partial charge in [-0.15, -0.1) is 11.8 Å². The number of nitrogens with zero attached hydrogens (tertiary/aromatic N) is 2. The summed E-state index contributed by atoms with van der Waals surface area (Å²) in [6, 6.07) is 5.13. The van der Waals surface area contributed by atoms with E-state index in [1.54, 1.807) is 12.1 Å². The first-order valence-electron chi connectivity index (χ1n) is 8.90. The minimum atomic E-state index is -0.449. The summed E-state index contributed by atoms with van der Waals surface area (Å²) in [6.45, 7) is 1.27. The van der Waals surface area contributed by atoms with Crippen LogP contribution >= 0.6 is 11.8 Å². The highest BCUT2D eigenvalue weighted by Crippen LogP contribution is 2.30. The molecule has 1 aromatic carbocycles. The zero-order valence-electron chi connectivity index (χ0n) is 14.9. The molecule has 0 aromatic heterocycles. The molecule has 7 nitrogen and oxygen atoms in total. The summed E-state index contributed by atoms with van der Waals surface area (Å²) in [4.78, 5) is 25.3. The smallest absolute Gasteiger partial charge is 0.311 e. The number of amides is 1. The van der Waals surface area contributed by atoms with E-state index in [2.05, 4.69) is 0 Å². The summed E-state index contributed by atoms with van der Waals surface area (Å²) in [6.07, 6.45) is 4.57. The van der Waals surface area contributed by atoms with E-state index in [4.69, 9.17) is 9.47 Å². The molecule has 2 fully saturated rings. The third-order valence-electron chi connectivity index (χ3n) is 4.99. The standard InChI is InChI=1S/C18H24N2O5S/c1-24-16-7-6-13(10-15(16)20(22)23)11-26-12-18(21)19-8-9-25-17-5-3-2-4-14(17)19/h6-7,10,14,17H,2-5,8-9,11-12H2,1H3. The van der Waals surface area contributed by atoms with Crippen molar-refractivity contribution in [3.63, 3.8) is 0 Å². The molecule has 1 aliphatic carbocycles. The molecule has 1 aromatic rings. The third-order valence-corrected chi connectivity index (χ3v) is 5.98. The molecule has 142 valence electrons. The molecule has 3 rings (SSSR count). The molecule has 1 amide bonds. The van der Waals surface area contributed by atoms with Gasteiger partial charge in [-0.3, -0.25) is 14.9 Å². The highest BCUT2D eigenvalue weighted by atomic mass is 32.2. The zero-order valence-corrected chi connectivity index (χ0v) is 15.7. The average molecular weight is 380 g/mol. The molecule has 2 aliphatic rings. The monoisotopic (exact) mass is 380 g/mol. The normalized spacial score (nSPS) is 22.6. The Bertz CT molecular complexity index is 667. The van der Waals surface area contributed by atoms with Crippen LogP contribution in [0.2, 0.25) is 0 Å². The number of carbonyl (C=O) groups is 1. The molecular formula is C18H24N2O5S. The molecule has 1 aliphatic heterocycles. The van der Waals surface area contributed by atoms with Crippen LogP contribution in [0.5, 0.6) is 5.75 Å². The van der Waals surface area contributed by atoms with Crippen molar-refractivity contribution in [1.82, 2.24) is 4.90 Å². The lowest BCUT2D eigenvalue weighted by Gasteiger charge is -2.43. The van der Waals surface area contributed by atoms with Crippen LogP contribution < -0.4 is 4.74 Å². The SMILES string of the molecule is COc1ccc(CSCC(=O)N2CCOC3CCCCC32)cc1[N+](=O)[O-]. The Balaban J connectivity index is 1.55. The maximum Gasteiger partial charge on any atom is 0.311 e. The van der Waals surface area contributed by atoms with E-state index in [0.717, 1.165) is 24.8 Å². The predicted molar refractivity (Wildman–Crippen MR) is 99.5 cm³/mol. The van der Waals surface area contributed by atoms with Crippen LogP contribution in [0.1, 0.15) is 31.2 Å². The van der Waals surface area contributed by atoms with E-state index < -0.39 is 4.92 Å². The number of nitro groups is 1. The van der Waals surface area contributed by atoms with Crippen molar-refractivity contribution >= 4 is 23.4 Å². The minimum absolute atomic E-state index is 0.0462. The molecule has 2 unspecified atom stereocenters. The van der Waals surface area contributed by atoms with Gasteiger partial charge < -0.3 is 14.4 Å². The second-order valence-corrected chi connectivity index (χ2v) is 7.59. The van der Waals surface area contributed by atoms with Crippen molar-refractivity contribution < 1.29 is 19.2 Å². The van der Waals surface area contributed by atoms with Crippen LogP contribution in [0, 0.1) is 10.1 Å². The summed E-state index contributed by atoms with van der Waals surface area (Å²) in [5.41, 5.74) is 0.767. The quantitative estimate of drug-likeness (QED) is 0.557. The Morgan fingerprint density at radius 1 is 1.42 bits per heavy atom. The first-order chi connectivity index (χ1) is 12.6. The molecule has 0 radical (unpaired) electrons. The van der Waals surface area contributed by atoms with Gasteiger partial charge in [0.1, 0.15) is 0 Å². The van der Waals surface area contributed by atoms with Gasteiger partial charge in [-0.25, -0.2) is 0 Å². The Morgan fingerprint density at radius 2 is 2.23 bits per heavy atom. The van der Waals surface area contributed by atoms with Crippen molar-refractivity contribution in [2.24, 2.45) is 0 Å². The summed E-state index contributed by atoms with van der Waals surface area (Å²) in [5.74, 6) is 1.31. The van der Waals surface area contributed by atoms with Gasteiger partial charge in [0.15, 0.2) is 5.75 Å². The van der Waals surface area contributed by atoms with E-state index >= 15 is 0 Å². The van der Waals surface area contributed by atoms with Crippen molar-refractivity contribution in [2.45, 2.75) is 43.6 Å². The van der Waals surface area contributed by atoms with Crippen molar-refractivity contribution in [3.05, 3.63) is 33.9 Å². The maximum absolute atomic E-state index is 12.6. The van der Waals surface area contributed by atoms with Gasteiger partial charge >= 0.3 is 5.69 Å². The third kappa shape index (κ3) is 4.29. The van der Waals surface area contributed by atoms with Gasteiger partial charge in [0.05, 0.1) is 36.5 Å². The number of hydrogen-bond donors (Lipinski definition) is 0. The second kappa shape index (κ2) is 8.73. The summed E-state index contributed by atoms with van der Waals surface area (Å²) in [7, 11) is 1.41. The summed E-state index contributed by atoms with van der Waals surface area (Å²) in [5, 5.41) is 11.1. The van der Waals surface area contributed by atoms with Crippen LogP contribution in [0.15, 0.2) is 18.2 Å².